The van der Waals surface area contributed by atoms with E-state index in [1.165, 1.54) is 0 Å². The van der Waals surface area contributed by atoms with Crippen molar-refractivity contribution in [3.8, 4) is 0 Å². The van der Waals surface area contributed by atoms with Crippen LogP contribution in [-0.4, -0.2) is 21.7 Å². The summed E-state index contributed by atoms with van der Waals surface area (Å²) >= 11 is 10.9. The highest BCUT2D eigenvalue weighted by atomic mass is 35.5. The van der Waals surface area contributed by atoms with Crippen LogP contribution in [0.1, 0.15) is 13.8 Å². The molecular formula is C10H8Cl2O3. The number of rotatable bonds is 2. The highest BCUT2D eigenvalue weighted by Gasteiger charge is 2.56. The van der Waals surface area contributed by atoms with E-state index in [0.717, 1.165) is 0 Å². The second-order valence-corrected chi connectivity index (χ2v) is 4.63. The molecule has 2 rings (SSSR count). The molecule has 0 spiro atoms. The maximum atomic E-state index is 11.3. The summed E-state index contributed by atoms with van der Waals surface area (Å²) in [4.78, 5) is 22.6. The van der Waals surface area contributed by atoms with Crippen molar-refractivity contribution >= 4 is 33.7 Å². The van der Waals surface area contributed by atoms with E-state index in [-0.39, 0.29) is 11.1 Å². The fourth-order valence-electron chi connectivity index (χ4n) is 2.18. The maximum absolute atomic E-state index is 11.3. The SMILES string of the molecule is C[C@]12C=C[C@](C)(O1)C(C(=O)Cl)=C2C(=O)Cl. The molecule has 2 heterocycles. The molecule has 80 valence electrons. The van der Waals surface area contributed by atoms with E-state index in [9.17, 15) is 9.59 Å². The second-order valence-electron chi connectivity index (χ2n) is 3.95. The van der Waals surface area contributed by atoms with Gasteiger partial charge in [0, 0.05) is 0 Å². The Labute approximate surface area is 96.7 Å². The molecule has 2 aliphatic heterocycles. The molecular weight excluding hydrogens is 239 g/mol. The summed E-state index contributed by atoms with van der Waals surface area (Å²) < 4.78 is 5.60. The van der Waals surface area contributed by atoms with Crippen molar-refractivity contribution in [1.82, 2.24) is 0 Å². The van der Waals surface area contributed by atoms with Crippen LogP contribution in [-0.2, 0) is 14.3 Å². The Morgan fingerprint density at radius 1 is 1.07 bits per heavy atom. The molecule has 0 aromatic heterocycles. The first-order valence-corrected chi connectivity index (χ1v) is 5.11. The van der Waals surface area contributed by atoms with E-state index < -0.39 is 21.7 Å². The Bertz CT molecular complexity index is 400. The third-order valence-corrected chi connectivity index (χ3v) is 3.16. The van der Waals surface area contributed by atoms with Crippen LogP contribution < -0.4 is 0 Å². The first kappa shape index (κ1) is 10.9. The fourth-order valence-corrected chi connectivity index (χ4v) is 2.74. The first-order chi connectivity index (χ1) is 6.80. The van der Waals surface area contributed by atoms with Crippen molar-refractivity contribution in [2.24, 2.45) is 0 Å². The molecule has 0 unspecified atom stereocenters. The maximum Gasteiger partial charge on any atom is 0.252 e. The smallest absolute Gasteiger partial charge is 0.252 e. The molecule has 0 radical (unpaired) electrons. The quantitative estimate of drug-likeness (QED) is 0.553. The normalized spacial score (nSPS) is 37.6. The predicted octanol–water partition coefficient (Wildman–Crippen LogP) is 1.93. The third-order valence-electron chi connectivity index (χ3n) is 2.78. The summed E-state index contributed by atoms with van der Waals surface area (Å²) in [5.41, 5.74) is -1.55. The van der Waals surface area contributed by atoms with E-state index in [1.54, 1.807) is 26.0 Å². The van der Waals surface area contributed by atoms with Crippen LogP contribution in [0.2, 0.25) is 0 Å². The lowest BCUT2D eigenvalue weighted by Crippen LogP contribution is -2.26. The topological polar surface area (TPSA) is 43.4 Å². The summed E-state index contributed by atoms with van der Waals surface area (Å²) in [6.45, 7) is 3.36. The average Bonchev–Trinajstić information content (AvgIpc) is 2.49. The standard InChI is InChI=1S/C10H8Cl2O3/c1-9-3-4-10(2,15-9)6(8(12)14)5(9)7(11)13/h3-4H,1-2H3/t9-,10+. The summed E-state index contributed by atoms with van der Waals surface area (Å²) in [7, 11) is 0. The molecule has 0 N–H and O–H groups in total. The largest absolute Gasteiger partial charge is 0.351 e. The van der Waals surface area contributed by atoms with Crippen LogP contribution in [0.5, 0.6) is 0 Å². The van der Waals surface area contributed by atoms with Gasteiger partial charge in [-0.05, 0) is 49.2 Å². The first-order valence-electron chi connectivity index (χ1n) is 4.36. The van der Waals surface area contributed by atoms with E-state index in [1.807, 2.05) is 0 Å². The molecule has 3 nitrogen and oxygen atoms in total. The molecule has 5 heteroatoms. The molecule has 2 aliphatic rings. The molecule has 0 fully saturated rings. The van der Waals surface area contributed by atoms with Gasteiger partial charge in [0.05, 0.1) is 11.1 Å². The number of hydrogen-bond acceptors (Lipinski definition) is 3. The summed E-state index contributed by atoms with van der Waals surface area (Å²) in [5, 5.41) is -1.40. The third kappa shape index (κ3) is 1.30. The van der Waals surface area contributed by atoms with Gasteiger partial charge >= 0.3 is 0 Å². The van der Waals surface area contributed by atoms with E-state index in [4.69, 9.17) is 27.9 Å². The average molecular weight is 247 g/mol. The fraction of sp³-hybridized carbons (Fsp3) is 0.400. The Kier molecular flexibility index (Phi) is 2.13. The number of carbonyl (C=O) groups is 2. The van der Waals surface area contributed by atoms with Crippen molar-refractivity contribution in [1.29, 1.82) is 0 Å². The van der Waals surface area contributed by atoms with Gasteiger partial charge in [0.1, 0.15) is 11.2 Å². The Balaban J connectivity index is 2.68. The molecule has 15 heavy (non-hydrogen) atoms. The van der Waals surface area contributed by atoms with Crippen LogP contribution in [0.25, 0.3) is 0 Å². The second kappa shape index (κ2) is 2.94. The number of fused-ring (bicyclic) bond motifs is 2. The number of ether oxygens (including phenoxy) is 1. The molecule has 0 saturated carbocycles. The van der Waals surface area contributed by atoms with E-state index in [0.29, 0.717) is 0 Å². The highest BCUT2D eigenvalue weighted by molar-refractivity contribution is 6.72. The van der Waals surface area contributed by atoms with Gasteiger partial charge in [-0.3, -0.25) is 9.59 Å². The lowest BCUT2D eigenvalue weighted by molar-refractivity contribution is -0.111. The minimum absolute atomic E-state index is 0.147. The van der Waals surface area contributed by atoms with Crippen molar-refractivity contribution in [2.75, 3.05) is 0 Å². The molecule has 0 amide bonds. The lowest BCUT2D eigenvalue weighted by Gasteiger charge is -2.20. The van der Waals surface area contributed by atoms with Gasteiger partial charge in [-0.1, -0.05) is 0 Å². The van der Waals surface area contributed by atoms with E-state index >= 15 is 0 Å². The van der Waals surface area contributed by atoms with Crippen LogP contribution in [0, 0.1) is 0 Å². The van der Waals surface area contributed by atoms with Gasteiger partial charge in [-0.25, -0.2) is 0 Å². The van der Waals surface area contributed by atoms with Crippen LogP contribution in [0.4, 0.5) is 0 Å². The zero-order valence-electron chi connectivity index (χ0n) is 8.14. The Hall–Kier alpha value is -0.640. The molecule has 0 aliphatic carbocycles. The van der Waals surface area contributed by atoms with Gasteiger partial charge in [0.15, 0.2) is 0 Å². The van der Waals surface area contributed by atoms with Crippen molar-refractivity contribution in [3.05, 3.63) is 23.3 Å². The van der Waals surface area contributed by atoms with Crippen molar-refractivity contribution < 1.29 is 14.3 Å². The summed E-state index contributed by atoms with van der Waals surface area (Å²) in [5.74, 6) is 0. The summed E-state index contributed by atoms with van der Waals surface area (Å²) in [6, 6.07) is 0. The molecule has 2 bridgehead atoms. The van der Waals surface area contributed by atoms with Gasteiger partial charge in [0.25, 0.3) is 10.5 Å². The minimum atomic E-state index is -0.923. The highest BCUT2D eigenvalue weighted by Crippen LogP contribution is 2.50. The zero-order valence-corrected chi connectivity index (χ0v) is 9.65. The molecule has 0 aromatic carbocycles. The van der Waals surface area contributed by atoms with Crippen molar-refractivity contribution in [2.45, 2.75) is 25.0 Å². The minimum Gasteiger partial charge on any atom is -0.351 e. The van der Waals surface area contributed by atoms with Gasteiger partial charge in [-0.2, -0.15) is 0 Å². The Morgan fingerprint density at radius 2 is 1.40 bits per heavy atom. The zero-order chi connectivity index (χ0) is 11.4. The van der Waals surface area contributed by atoms with Crippen molar-refractivity contribution in [3.63, 3.8) is 0 Å². The monoisotopic (exact) mass is 246 g/mol. The van der Waals surface area contributed by atoms with Crippen LogP contribution >= 0.6 is 23.2 Å². The van der Waals surface area contributed by atoms with Gasteiger partial charge in [-0.15, -0.1) is 0 Å². The van der Waals surface area contributed by atoms with Crippen LogP contribution in [0.15, 0.2) is 23.3 Å². The molecule has 2 atom stereocenters. The number of hydrogen-bond donors (Lipinski definition) is 0. The molecule has 0 aromatic rings. The molecule has 0 saturated heterocycles. The Morgan fingerprint density at radius 3 is 1.67 bits per heavy atom. The van der Waals surface area contributed by atoms with Gasteiger partial charge < -0.3 is 4.74 Å². The van der Waals surface area contributed by atoms with Gasteiger partial charge in [0.2, 0.25) is 0 Å². The van der Waals surface area contributed by atoms with E-state index in [2.05, 4.69) is 0 Å². The van der Waals surface area contributed by atoms with Crippen LogP contribution in [0.3, 0.4) is 0 Å². The number of carbonyl (C=O) groups excluding carboxylic acids is 2. The lowest BCUT2D eigenvalue weighted by atomic mass is 9.84. The predicted molar refractivity (Wildman–Crippen MR) is 55.8 cm³/mol. The summed E-state index contributed by atoms with van der Waals surface area (Å²) in [6.07, 6.45) is 3.43. The number of halogens is 2.